The number of aliphatic hydroxyl groups is 1. The molecule has 0 amide bonds. The van der Waals surface area contributed by atoms with Crippen molar-refractivity contribution in [2.75, 3.05) is 6.61 Å². The second-order valence-corrected chi connectivity index (χ2v) is 3.79. The molecule has 0 aliphatic carbocycles. The van der Waals surface area contributed by atoms with Crippen LogP contribution < -0.4 is 4.74 Å². The molecule has 0 unspecified atom stereocenters. The molecule has 0 spiro atoms. The third kappa shape index (κ3) is 4.65. The highest BCUT2D eigenvalue weighted by Gasteiger charge is 2.26. The fourth-order valence-corrected chi connectivity index (χ4v) is 1.49. The van der Waals surface area contributed by atoms with Crippen molar-refractivity contribution in [2.24, 2.45) is 0 Å². The van der Waals surface area contributed by atoms with Gasteiger partial charge in [0.25, 0.3) is 0 Å². The van der Waals surface area contributed by atoms with Crippen molar-refractivity contribution < 1.29 is 23.0 Å². The zero-order chi connectivity index (χ0) is 12.9. The van der Waals surface area contributed by atoms with Gasteiger partial charge in [-0.3, -0.25) is 0 Å². The average Bonchev–Trinajstić information content (AvgIpc) is 2.24. The van der Waals surface area contributed by atoms with Crippen LogP contribution in [0.5, 0.6) is 5.75 Å². The Kier molecular flexibility index (Phi) is 4.81. The summed E-state index contributed by atoms with van der Waals surface area (Å²) in [6, 6.07) is 5.24. The SMILES string of the molecule is Cc1cccc(CO)c1OCCCC(F)(F)F. The minimum Gasteiger partial charge on any atom is -0.493 e. The third-order valence-corrected chi connectivity index (χ3v) is 2.31. The molecule has 0 fully saturated rings. The smallest absolute Gasteiger partial charge is 0.389 e. The van der Waals surface area contributed by atoms with E-state index < -0.39 is 12.6 Å². The highest BCUT2D eigenvalue weighted by Crippen LogP contribution is 2.25. The first-order valence-electron chi connectivity index (χ1n) is 5.33. The quantitative estimate of drug-likeness (QED) is 0.811. The zero-order valence-corrected chi connectivity index (χ0v) is 9.55. The average molecular weight is 248 g/mol. The fourth-order valence-electron chi connectivity index (χ4n) is 1.49. The summed E-state index contributed by atoms with van der Waals surface area (Å²) >= 11 is 0. The Morgan fingerprint density at radius 3 is 2.59 bits per heavy atom. The van der Waals surface area contributed by atoms with Crippen LogP contribution in [0.1, 0.15) is 24.0 Å². The van der Waals surface area contributed by atoms with Crippen molar-refractivity contribution in [3.8, 4) is 5.75 Å². The lowest BCUT2D eigenvalue weighted by molar-refractivity contribution is -0.136. The fraction of sp³-hybridized carbons (Fsp3) is 0.500. The molecule has 1 rings (SSSR count). The van der Waals surface area contributed by atoms with Crippen LogP contribution in [0.25, 0.3) is 0 Å². The second-order valence-electron chi connectivity index (χ2n) is 3.79. The molecule has 17 heavy (non-hydrogen) atoms. The topological polar surface area (TPSA) is 29.5 Å². The molecule has 0 aliphatic heterocycles. The standard InChI is InChI=1S/C12H15F3O2/c1-9-4-2-5-10(8-16)11(9)17-7-3-6-12(13,14)15/h2,4-5,16H,3,6-8H2,1H3. The summed E-state index contributed by atoms with van der Waals surface area (Å²) < 4.78 is 41.0. The van der Waals surface area contributed by atoms with Crippen LogP contribution in [-0.4, -0.2) is 17.9 Å². The van der Waals surface area contributed by atoms with Crippen LogP contribution in [0, 0.1) is 6.92 Å². The lowest BCUT2D eigenvalue weighted by Gasteiger charge is -2.13. The van der Waals surface area contributed by atoms with E-state index in [1.165, 1.54) is 0 Å². The van der Waals surface area contributed by atoms with Crippen molar-refractivity contribution in [3.05, 3.63) is 29.3 Å². The molecular formula is C12H15F3O2. The van der Waals surface area contributed by atoms with Crippen molar-refractivity contribution in [1.29, 1.82) is 0 Å². The maximum atomic E-state index is 11.9. The van der Waals surface area contributed by atoms with Gasteiger partial charge < -0.3 is 9.84 Å². The molecule has 1 aromatic rings. The van der Waals surface area contributed by atoms with Gasteiger partial charge in [-0.05, 0) is 18.9 Å². The molecule has 0 atom stereocenters. The van der Waals surface area contributed by atoms with E-state index in [1.807, 2.05) is 0 Å². The van der Waals surface area contributed by atoms with E-state index in [9.17, 15) is 13.2 Å². The van der Waals surface area contributed by atoms with Crippen molar-refractivity contribution in [1.82, 2.24) is 0 Å². The summed E-state index contributed by atoms with van der Waals surface area (Å²) in [4.78, 5) is 0. The number of halogens is 3. The molecule has 5 heteroatoms. The monoisotopic (exact) mass is 248 g/mol. The van der Waals surface area contributed by atoms with Crippen LogP contribution in [0.15, 0.2) is 18.2 Å². The van der Waals surface area contributed by atoms with Crippen LogP contribution in [0.3, 0.4) is 0 Å². The summed E-state index contributed by atoms with van der Waals surface area (Å²) in [5.74, 6) is 0.483. The molecule has 1 aromatic carbocycles. The van der Waals surface area contributed by atoms with Crippen molar-refractivity contribution in [2.45, 2.75) is 32.5 Å². The summed E-state index contributed by atoms with van der Waals surface area (Å²) in [6.45, 7) is 1.60. The van der Waals surface area contributed by atoms with E-state index >= 15 is 0 Å². The highest BCUT2D eigenvalue weighted by molar-refractivity contribution is 5.40. The minimum absolute atomic E-state index is 0.00262. The number of alkyl halides is 3. The zero-order valence-electron chi connectivity index (χ0n) is 9.55. The molecule has 0 saturated carbocycles. The molecule has 0 saturated heterocycles. The molecule has 0 aliphatic rings. The van der Waals surface area contributed by atoms with Gasteiger partial charge in [-0.25, -0.2) is 0 Å². The largest absolute Gasteiger partial charge is 0.493 e. The second kappa shape index (κ2) is 5.91. The van der Waals surface area contributed by atoms with Gasteiger partial charge in [0.1, 0.15) is 5.75 Å². The summed E-state index contributed by atoms with van der Waals surface area (Å²) in [6.07, 6.45) is -5.08. The number of ether oxygens (including phenoxy) is 1. The lowest BCUT2D eigenvalue weighted by Crippen LogP contribution is -2.10. The summed E-state index contributed by atoms with van der Waals surface area (Å²) in [5, 5.41) is 9.07. The van der Waals surface area contributed by atoms with E-state index in [0.29, 0.717) is 11.3 Å². The molecule has 0 bridgehead atoms. The number of hydrogen-bond donors (Lipinski definition) is 1. The van der Waals surface area contributed by atoms with Gasteiger partial charge in [-0.2, -0.15) is 13.2 Å². The van der Waals surface area contributed by atoms with Gasteiger partial charge in [0, 0.05) is 12.0 Å². The van der Waals surface area contributed by atoms with Crippen molar-refractivity contribution >= 4 is 0 Å². The summed E-state index contributed by atoms with van der Waals surface area (Å²) in [7, 11) is 0. The summed E-state index contributed by atoms with van der Waals surface area (Å²) in [5.41, 5.74) is 1.40. The predicted octanol–water partition coefficient (Wildman–Crippen LogP) is 3.21. The molecular weight excluding hydrogens is 233 g/mol. The van der Waals surface area contributed by atoms with Gasteiger partial charge >= 0.3 is 6.18 Å². The molecule has 0 aromatic heterocycles. The molecule has 2 nitrogen and oxygen atoms in total. The van der Waals surface area contributed by atoms with E-state index in [-0.39, 0.29) is 19.6 Å². The molecule has 96 valence electrons. The number of hydrogen-bond acceptors (Lipinski definition) is 2. The molecule has 0 heterocycles. The van der Waals surface area contributed by atoms with E-state index in [2.05, 4.69) is 0 Å². The first-order chi connectivity index (χ1) is 7.94. The number of aliphatic hydroxyl groups excluding tert-OH is 1. The Bertz CT molecular complexity index is 361. The van der Waals surface area contributed by atoms with E-state index in [0.717, 1.165) is 5.56 Å². The highest BCUT2D eigenvalue weighted by atomic mass is 19.4. The van der Waals surface area contributed by atoms with Gasteiger partial charge in [-0.1, -0.05) is 18.2 Å². The first-order valence-corrected chi connectivity index (χ1v) is 5.33. The Balaban J connectivity index is 2.52. The van der Waals surface area contributed by atoms with Gasteiger partial charge in [-0.15, -0.1) is 0 Å². The van der Waals surface area contributed by atoms with Crippen LogP contribution >= 0.6 is 0 Å². The number of rotatable bonds is 5. The Labute approximate surface area is 98.0 Å². The molecule has 1 N–H and O–H groups in total. The lowest BCUT2D eigenvalue weighted by atomic mass is 10.1. The van der Waals surface area contributed by atoms with Crippen LogP contribution in [-0.2, 0) is 6.61 Å². The Morgan fingerprint density at radius 2 is 2.00 bits per heavy atom. The van der Waals surface area contributed by atoms with Crippen LogP contribution in [0.4, 0.5) is 13.2 Å². The Morgan fingerprint density at radius 1 is 1.29 bits per heavy atom. The third-order valence-electron chi connectivity index (χ3n) is 2.31. The minimum atomic E-state index is -4.14. The molecule has 0 radical (unpaired) electrons. The normalized spacial score (nSPS) is 11.6. The maximum Gasteiger partial charge on any atom is 0.389 e. The van der Waals surface area contributed by atoms with E-state index in [1.54, 1.807) is 25.1 Å². The van der Waals surface area contributed by atoms with Gasteiger partial charge in [0.2, 0.25) is 0 Å². The van der Waals surface area contributed by atoms with Gasteiger partial charge in [0.05, 0.1) is 13.2 Å². The first kappa shape index (κ1) is 13.8. The van der Waals surface area contributed by atoms with Gasteiger partial charge in [0.15, 0.2) is 0 Å². The number of benzene rings is 1. The Hall–Kier alpha value is -1.23. The van der Waals surface area contributed by atoms with Crippen molar-refractivity contribution in [3.63, 3.8) is 0 Å². The number of para-hydroxylation sites is 1. The van der Waals surface area contributed by atoms with Crippen LogP contribution in [0.2, 0.25) is 0 Å². The number of aryl methyl sites for hydroxylation is 1. The predicted molar refractivity (Wildman–Crippen MR) is 57.9 cm³/mol. The van der Waals surface area contributed by atoms with E-state index in [4.69, 9.17) is 9.84 Å². The maximum absolute atomic E-state index is 11.9.